The zero-order chi connectivity index (χ0) is 13.7. The van der Waals surface area contributed by atoms with Gasteiger partial charge in [0.25, 0.3) is 0 Å². The fourth-order valence-electron chi connectivity index (χ4n) is 2.26. The Bertz CT molecular complexity index is 417. The summed E-state index contributed by atoms with van der Waals surface area (Å²) < 4.78 is 5.49. The molecule has 2 rings (SSSR count). The highest BCUT2D eigenvalue weighted by Gasteiger charge is 2.23. The Balaban J connectivity index is 1.68. The molecule has 4 heteroatoms. The van der Waals surface area contributed by atoms with Gasteiger partial charge in [0.15, 0.2) is 0 Å². The first-order valence-electron chi connectivity index (χ1n) is 6.84. The fourth-order valence-corrected chi connectivity index (χ4v) is 2.26. The average Bonchev–Trinajstić information content (AvgIpc) is 2.78. The van der Waals surface area contributed by atoms with Gasteiger partial charge < -0.3 is 15.4 Å². The van der Waals surface area contributed by atoms with E-state index in [1.54, 1.807) is 0 Å². The lowest BCUT2D eigenvalue weighted by Gasteiger charge is -2.14. The topological polar surface area (TPSA) is 50.4 Å². The third-order valence-electron chi connectivity index (χ3n) is 3.56. The number of ether oxygens (including phenoxy) is 1. The summed E-state index contributed by atoms with van der Waals surface area (Å²) >= 11 is 0. The molecule has 2 atom stereocenters. The molecule has 1 saturated heterocycles. The van der Waals surface area contributed by atoms with E-state index in [1.807, 2.05) is 31.2 Å². The van der Waals surface area contributed by atoms with Crippen LogP contribution < -0.4 is 10.6 Å². The molecule has 1 fully saturated rings. The minimum atomic E-state index is -0.00424. The maximum Gasteiger partial charge on any atom is 0.238 e. The van der Waals surface area contributed by atoms with Crippen LogP contribution in [0.4, 0.5) is 5.69 Å². The van der Waals surface area contributed by atoms with Crippen molar-refractivity contribution in [1.29, 1.82) is 0 Å². The van der Waals surface area contributed by atoms with E-state index in [-0.39, 0.29) is 5.91 Å². The minimum absolute atomic E-state index is 0.00424. The molecule has 19 heavy (non-hydrogen) atoms. The van der Waals surface area contributed by atoms with Crippen LogP contribution in [-0.4, -0.2) is 31.7 Å². The van der Waals surface area contributed by atoms with Crippen molar-refractivity contribution in [2.24, 2.45) is 5.92 Å². The van der Waals surface area contributed by atoms with Crippen LogP contribution >= 0.6 is 0 Å². The van der Waals surface area contributed by atoms with Crippen molar-refractivity contribution in [3.05, 3.63) is 29.8 Å². The molecule has 0 aliphatic carbocycles. The molecule has 1 aliphatic rings. The Labute approximate surface area is 114 Å². The lowest BCUT2D eigenvalue weighted by atomic mass is 10.0. The molecule has 104 valence electrons. The Morgan fingerprint density at radius 2 is 2.11 bits per heavy atom. The van der Waals surface area contributed by atoms with Gasteiger partial charge in [-0.3, -0.25) is 4.79 Å². The maximum absolute atomic E-state index is 11.7. The maximum atomic E-state index is 11.7. The first-order valence-corrected chi connectivity index (χ1v) is 6.84. The molecule has 1 aliphatic heterocycles. The van der Waals surface area contributed by atoms with E-state index in [0.717, 1.165) is 25.3 Å². The summed E-state index contributed by atoms with van der Waals surface area (Å²) in [5.74, 6) is 0.516. The van der Waals surface area contributed by atoms with Crippen molar-refractivity contribution >= 4 is 11.6 Å². The Morgan fingerprint density at radius 1 is 1.37 bits per heavy atom. The van der Waals surface area contributed by atoms with Crippen LogP contribution in [0.5, 0.6) is 0 Å². The standard InChI is InChI=1S/C15H22N2O2/c1-11-3-5-14(6-4-11)17-15(18)10-16-9-13-7-8-19-12(13)2/h3-6,12-13,16H,7-10H2,1-2H3,(H,17,18). The van der Waals surface area contributed by atoms with Gasteiger partial charge in [0.05, 0.1) is 12.6 Å². The number of anilines is 1. The van der Waals surface area contributed by atoms with Crippen molar-refractivity contribution in [2.75, 3.05) is 25.0 Å². The zero-order valence-corrected chi connectivity index (χ0v) is 11.6. The first kappa shape index (κ1) is 14.0. The van der Waals surface area contributed by atoms with Crippen molar-refractivity contribution in [2.45, 2.75) is 26.4 Å². The summed E-state index contributed by atoms with van der Waals surface area (Å²) in [6.07, 6.45) is 1.38. The Kier molecular flexibility index (Phi) is 4.93. The van der Waals surface area contributed by atoms with Crippen LogP contribution in [-0.2, 0) is 9.53 Å². The number of benzene rings is 1. The largest absolute Gasteiger partial charge is 0.378 e. The third-order valence-corrected chi connectivity index (χ3v) is 3.56. The van der Waals surface area contributed by atoms with Gasteiger partial charge in [0.1, 0.15) is 0 Å². The molecule has 1 aromatic carbocycles. The summed E-state index contributed by atoms with van der Waals surface area (Å²) in [4.78, 5) is 11.7. The average molecular weight is 262 g/mol. The Hall–Kier alpha value is -1.39. The van der Waals surface area contributed by atoms with E-state index in [4.69, 9.17) is 4.74 Å². The summed E-state index contributed by atoms with van der Waals surface area (Å²) in [6.45, 7) is 6.13. The number of aryl methyl sites for hydroxylation is 1. The number of carbonyl (C=O) groups is 1. The van der Waals surface area contributed by atoms with Gasteiger partial charge in [0.2, 0.25) is 5.91 Å². The van der Waals surface area contributed by atoms with E-state index in [2.05, 4.69) is 17.6 Å². The lowest BCUT2D eigenvalue weighted by Crippen LogP contribution is -2.33. The second-order valence-electron chi connectivity index (χ2n) is 5.17. The normalized spacial score (nSPS) is 22.4. The van der Waals surface area contributed by atoms with E-state index >= 15 is 0 Å². The molecule has 0 spiro atoms. The van der Waals surface area contributed by atoms with Gasteiger partial charge in [-0.25, -0.2) is 0 Å². The molecule has 0 saturated carbocycles. The monoisotopic (exact) mass is 262 g/mol. The number of rotatable bonds is 5. The molecule has 0 aromatic heterocycles. The summed E-state index contributed by atoms with van der Waals surface area (Å²) in [5, 5.41) is 6.07. The number of hydrogen-bond donors (Lipinski definition) is 2. The quantitative estimate of drug-likeness (QED) is 0.852. The van der Waals surface area contributed by atoms with Gasteiger partial charge in [-0.1, -0.05) is 17.7 Å². The van der Waals surface area contributed by atoms with Gasteiger partial charge in [-0.15, -0.1) is 0 Å². The molecule has 1 aromatic rings. The van der Waals surface area contributed by atoms with Crippen LogP contribution in [0.2, 0.25) is 0 Å². The first-order chi connectivity index (χ1) is 9.15. The van der Waals surface area contributed by atoms with E-state index in [9.17, 15) is 4.79 Å². The predicted molar refractivity (Wildman–Crippen MR) is 76.2 cm³/mol. The molecule has 0 radical (unpaired) electrons. The van der Waals surface area contributed by atoms with Gasteiger partial charge in [0, 0.05) is 18.8 Å². The highest BCUT2D eigenvalue weighted by molar-refractivity contribution is 5.92. The Morgan fingerprint density at radius 3 is 2.74 bits per heavy atom. The number of carbonyl (C=O) groups excluding carboxylic acids is 1. The van der Waals surface area contributed by atoms with Crippen LogP contribution in [0.15, 0.2) is 24.3 Å². The summed E-state index contributed by atoms with van der Waals surface area (Å²) in [6, 6.07) is 7.81. The van der Waals surface area contributed by atoms with E-state index in [0.29, 0.717) is 18.6 Å². The van der Waals surface area contributed by atoms with Crippen LogP contribution in [0.1, 0.15) is 18.9 Å². The predicted octanol–water partition coefficient (Wildman–Crippen LogP) is 1.95. The fraction of sp³-hybridized carbons (Fsp3) is 0.533. The SMILES string of the molecule is Cc1ccc(NC(=O)CNCC2CCOC2C)cc1. The van der Waals surface area contributed by atoms with E-state index in [1.165, 1.54) is 5.56 Å². The molecule has 1 heterocycles. The second kappa shape index (κ2) is 6.68. The lowest BCUT2D eigenvalue weighted by molar-refractivity contribution is -0.115. The zero-order valence-electron chi connectivity index (χ0n) is 11.6. The number of amides is 1. The third kappa shape index (κ3) is 4.33. The van der Waals surface area contributed by atoms with Crippen molar-refractivity contribution in [3.63, 3.8) is 0 Å². The van der Waals surface area contributed by atoms with Crippen molar-refractivity contribution in [1.82, 2.24) is 5.32 Å². The number of nitrogens with one attached hydrogen (secondary N) is 2. The van der Waals surface area contributed by atoms with Crippen LogP contribution in [0.3, 0.4) is 0 Å². The van der Waals surface area contributed by atoms with Crippen molar-refractivity contribution in [3.8, 4) is 0 Å². The van der Waals surface area contributed by atoms with Gasteiger partial charge in [-0.2, -0.15) is 0 Å². The molecule has 1 amide bonds. The minimum Gasteiger partial charge on any atom is -0.378 e. The van der Waals surface area contributed by atoms with Gasteiger partial charge >= 0.3 is 0 Å². The van der Waals surface area contributed by atoms with E-state index < -0.39 is 0 Å². The molecule has 2 N–H and O–H groups in total. The second-order valence-corrected chi connectivity index (χ2v) is 5.17. The molecule has 4 nitrogen and oxygen atoms in total. The highest BCUT2D eigenvalue weighted by Crippen LogP contribution is 2.19. The van der Waals surface area contributed by atoms with Crippen LogP contribution in [0.25, 0.3) is 0 Å². The molecular weight excluding hydrogens is 240 g/mol. The molecule has 2 unspecified atom stereocenters. The smallest absolute Gasteiger partial charge is 0.238 e. The molecular formula is C15H22N2O2. The van der Waals surface area contributed by atoms with Crippen molar-refractivity contribution < 1.29 is 9.53 Å². The molecule has 0 bridgehead atoms. The number of hydrogen-bond acceptors (Lipinski definition) is 3. The van der Waals surface area contributed by atoms with Crippen LogP contribution in [0, 0.1) is 12.8 Å². The summed E-state index contributed by atoms with van der Waals surface area (Å²) in [5.41, 5.74) is 2.03. The summed E-state index contributed by atoms with van der Waals surface area (Å²) in [7, 11) is 0. The highest BCUT2D eigenvalue weighted by atomic mass is 16.5. The van der Waals surface area contributed by atoms with Gasteiger partial charge in [-0.05, 0) is 38.3 Å².